The quantitative estimate of drug-likeness (QED) is 0.617. The van der Waals surface area contributed by atoms with Crippen LogP contribution in [0.2, 0.25) is 0 Å². The van der Waals surface area contributed by atoms with Crippen LogP contribution in [0.15, 0.2) is 53.4 Å². The van der Waals surface area contributed by atoms with Crippen molar-refractivity contribution in [3.8, 4) is 11.1 Å². The zero-order chi connectivity index (χ0) is 20.6. The van der Waals surface area contributed by atoms with Gasteiger partial charge in [0.2, 0.25) is 15.9 Å². The summed E-state index contributed by atoms with van der Waals surface area (Å²) >= 11 is 0. The van der Waals surface area contributed by atoms with E-state index in [1.54, 1.807) is 16.4 Å². The van der Waals surface area contributed by atoms with E-state index in [1.807, 2.05) is 50.2 Å². The molecule has 152 valence electrons. The molecule has 0 fully saturated rings. The van der Waals surface area contributed by atoms with Crippen molar-refractivity contribution in [1.82, 2.24) is 4.31 Å². The molecule has 0 aliphatic rings. The number of nitrogens with zero attached hydrogens (tertiary/aromatic N) is 1. The van der Waals surface area contributed by atoms with E-state index >= 15 is 0 Å². The predicted octanol–water partition coefficient (Wildman–Crippen LogP) is 3.97. The summed E-state index contributed by atoms with van der Waals surface area (Å²) in [4.78, 5) is 11.2. The van der Waals surface area contributed by atoms with Gasteiger partial charge in [-0.3, -0.25) is 4.79 Å². The second-order valence-electron chi connectivity index (χ2n) is 6.95. The number of rotatable bonds is 11. The van der Waals surface area contributed by atoms with Gasteiger partial charge in [0.05, 0.1) is 4.90 Å². The van der Waals surface area contributed by atoms with E-state index in [9.17, 15) is 13.2 Å². The number of hydrogen-bond donors (Lipinski definition) is 1. The van der Waals surface area contributed by atoms with Crippen molar-refractivity contribution in [2.24, 2.45) is 5.73 Å². The summed E-state index contributed by atoms with van der Waals surface area (Å²) < 4.78 is 27.3. The topological polar surface area (TPSA) is 80.5 Å². The van der Waals surface area contributed by atoms with E-state index in [2.05, 4.69) is 0 Å². The Hall–Kier alpha value is -2.18. The Bertz CT molecular complexity index is 854. The molecule has 0 unspecified atom stereocenters. The van der Waals surface area contributed by atoms with Gasteiger partial charge in [-0.2, -0.15) is 4.31 Å². The lowest BCUT2D eigenvalue weighted by Gasteiger charge is -2.21. The first kappa shape index (κ1) is 22.1. The summed E-state index contributed by atoms with van der Waals surface area (Å²) in [6.45, 7) is 5.04. The molecular formula is C22H30N2O3S. The number of amides is 1. The van der Waals surface area contributed by atoms with Gasteiger partial charge in [0, 0.05) is 19.5 Å². The van der Waals surface area contributed by atoms with E-state index in [1.165, 1.54) is 0 Å². The number of carbonyl (C=O) groups is 1. The zero-order valence-corrected chi connectivity index (χ0v) is 17.5. The molecule has 28 heavy (non-hydrogen) atoms. The van der Waals surface area contributed by atoms with E-state index in [-0.39, 0.29) is 5.91 Å². The van der Waals surface area contributed by atoms with E-state index in [0.717, 1.165) is 42.4 Å². The lowest BCUT2D eigenvalue weighted by molar-refractivity contribution is -0.118. The minimum Gasteiger partial charge on any atom is -0.370 e. The van der Waals surface area contributed by atoms with Gasteiger partial charge in [0.15, 0.2) is 0 Å². The van der Waals surface area contributed by atoms with Gasteiger partial charge in [-0.25, -0.2) is 8.42 Å². The minimum atomic E-state index is -3.45. The Labute approximate surface area is 168 Å². The SMILES string of the molecule is CCCN(CCC)S(=O)(=O)c1ccc(-c2ccc(CCCC(N)=O)cc2)cc1. The maximum absolute atomic E-state index is 12.8. The molecule has 0 aliphatic heterocycles. The van der Waals surface area contributed by atoms with Crippen LogP contribution in [0.5, 0.6) is 0 Å². The molecule has 2 N–H and O–H groups in total. The van der Waals surface area contributed by atoms with Crippen molar-refractivity contribution in [2.45, 2.75) is 50.8 Å². The Morgan fingerprint density at radius 1 is 0.893 bits per heavy atom. The number of benzene rings is 2. The summed E-state index contributed by atoms with van der Waals surface area (Å²) in [5.41, 5.74) is 8.32. The van der Waals surface area contributed by atoms with E-state index in [4.69, 9.17) is 5.73 Å². The number of primary amides is 1. The fourth-order valence-electron chi connectivity index (χ4n) is 3.15. The molecule has 0 saturated carbocycles. The second kappa shape index (κ2) is 10.4. The van der Waals surface area contributed by atoms with E-state index < -0.39 is 10.0 Å². The third-order valence-corrected chi connectivity index (χ3v) is 6.53. The summed E-state index contributed by atoms with van der Waals surface area (Å²) in [6.07, 6.45) is 3.54. The fraction of sp³-hybridized carbons (Fsp3) is 0.409. The van der Waals surface area contributed by atoms with Gasteiger partial charge in [-0.15, -0.1) is 0 Å². The molecule has 0 radical (unpaired) electrons. The second-order valence-corrected chi connectivity index (χ2v) is 8.88. The van der Waals surface area contributed by atoms with Crippen LogP contribution in [0.3, 0.4) is 0 Å². The summed E-state index contributed by atoms with van der Waals surface area (Å²) in [5, 5.41) is 0. The van der Waals surface area contributed by atoms with Crippen LogP contribution in [0.4, 0.5) is 0 Å². The van der Waals surface area contributed by atoms with Gasteiger partial charge >= 0.3 is 0 Å². The fourth-order valence-corrected chi connectivity index (χ4v) is 4.77. The van der Waals surface area contributed by atoms with Crippen molar-refractivity contribution >= 4 is 15.9 Å². The summed E-state index contributed by atoms with van der Waals surface area (Å²) in [5.74, 6) is -0.275. The number of sulfonamides is 1. The van der Waals surface area contributed by atoms with Gasteiger partial charge in [0.1, 0.15) is 0 Å². The molecule has 0 aliphatic carbocycles. The maximum atomic E-state index is 12.8. The molecule has 0 aromatic heterocycles. The van der Waals surface area contributed by atoms with Crippen LogP contribution in [0.1, 0.15) is 45.1 Å². The highest BCUT2D eigenvalue weighted by Crippen LogP contribution is 2.24. The van der Waals surface area contributed by atoms with Gasteiger partial charge in [0.25, 0.3) is 0 Å². The molecule has 2 rings (SSSR count). The average Bonchev–Trinajstić information content (AvgIpc) is 2.68. The first-order chi connectivity index (χ1) is 13.4. The summed E-state index contributed by atoms with van der Waals surface area (Å²) in [6, 6.07) is 15.2. The van der Waals surface area contributed by atoms with Crippen LogP contribution in [-0.2, 0) is 21.2 Å². The number of carbonyl (C=O) groups excluding carboxylic acids is 1. The van der Waals surface area contributed by atoms with Gasteiger partial charge in [-0.1, -0.05) is 50.2 Å². The third-order valence-electron chi connectivity index (χ3n) is 4.61. The molecule has 2 aromatic rings. The highest BCUT2D eigenvalue weighted by atomic mass is 32.2. The zero-order valence-electron chi connectivity index (χ0n) is 16.7. The Morgan fingerprint density at radius 2 is 1.39 bits per heavy atom. The monoisotopic (exact) mass is 402 g/mol. The molecule has 6 heteroatoms. The smallest absolute Gasteiger partial charge is 0.243 e. The highest BCUT2D eigenvalue weighted by molar-refractivity contribution is 7.89. The Kier molecular flexibility index (Phi) is 8.20. The van der Waals surface area contributed by atoms with Crippen molar-refractivity contribution in [3.05, 3.63) is 54.1 Å². The Morgan fingerprint density at radius 3 is 1.86 bits per heavy atom. The standard InChI is InChI=1S/C22H30N2O3S/c1-3-16-24(17-4-2)28(26,27)21-14-12-20(13-15-21)19-10-8-18(9-11-19)6-5-7-22(23)25/h8-15H,3-7,16-17H2,1-2H3,(H2,23,25). The molecule has 1 amide bonds. The minimum absolute atomic E-state index is 0.275. The van der Waals surface area contributed by atoms with Crippen LogP contribution in [0.25, 0.3) is 11.1 Å². The maximum Gasteiger partial charge on any atom is 0.243 e. The van der Waals surface area contributed by atoms with Crippen LogP contribution < -0.4 is 5.73 Å². The van der Waals surface area contributed by atoms with E-state index in [0.29, 0.717) is 24.4 Å². The molecule has 0 saturated heterocycles. The van der Waals surface area contributed by atoms with Crippen LogP contribution in [0, 0.1) is 0 Å². The molecular weight excluding hydrogens is 372 g/mol. The van der Waals surface area contributed by atoms with Crippen LogP contribution >= 0.6 is 0 Å². The number of hydrogen-bond acceptors (Lipinski definition) is 3. The highest BCUT2D eigenvalue weighted by Gasteiger charge is 2.22. The molecule has 0 bridgehead atoms. The van der Waals surface area contributed by atoms with Crippen molar-refractivity contribution in [3.63, 3.8) is 0 Å². The first-order valence-electron chi connectivity index (χ1n) is 9.86. The van der Waals surface area contributed by atoms with Gasteiger partial charge in [-0.05, 0) is 54.5 Å². The molecule has 5 nitrogen and oxygen atoms in total. The molecule has 0 spiro atoms. The lowest BCUT2D eigenvalue weighted by Crippen LogP contribution is -2.32. The molecule has 2 aromatic carbocycles. The average molecular weight is 403 g/mol. The normalized spacial score (nSPS) is 11.7. The molecule has 0 atom stereocenters. The van der Waals surface area contributed by atoms with Crippen molar-refractivity contribution < 1.29 is 13.2 Å². The number of nitrogens with two attached hydrogens (primary N) is 1. The largest absolute Gasteiger partial charge is 0.370 e. The molecule has 0 heterocycles. The van der Waals surface area contributed by atoms with Crippen molar-refractivity contribution in [1.29, 1.82) is 0 Å². The Balaban J connectivity index is 2.12. The first-order valence-corrected chi connectivity index (χ1v) is 11.3. The number of aryl methyl sites for hydroxylation is 1. The summed E-state index contributed by atoms with van der Waals surface area (Å²) in [7, 11) is -3.45. The van der Waals surface area contributed by atoms with Gasteiger partial charge < -0.3 is 5.73 Å². The van der Waals surface area contributed by atoms with Crippen LogP contribution in [-0.4, -0.2) is 31.7 Å². The lowest BCUT2D eigenvalue weighted by atomic mass is 10.0. The third kappa shape index (κ3) is 5.91. The predicted molar refractivity (Wildman–Crippen MR) is 113 cm³/mol. The van der Waals surface area contributed by atoms with Crippen molar-refractivity contribution in [2.75, 3.05) is 13.1 Å².